The fourth-order valence-electron chi connectivity index (χ4n) is 2.28. The zero-order valence-electron chi connectivity index (χ0n) is 12.0. The smallest absolute Gasteiger partial charge is 0.0897 e. The molecule has 1 aromatic heterocycles. The van der Waals surface area contributed by atoms with Crippen LogP contribution < -0.4 is 5.32 Å². The molecular formula is C16H21BrN2S. The maximum absolute atomic E-state index is 4.61. The Kier molecular flexibility index (Phi) is 6.20. The van der Waals surface area contributed by atoms with Crippen molar-refractivity contribution < 1.29 is 0 Å². The third kappa shape index (κ3) is 4.69. The maximum atomic E-state index is 4.61. The van der Waals surface area contributed by atoms with Crippen molar-refractivity contribution in [2.24, 2.45) is 0 Å². The van der Waals surface area contributed by atoms with Gasteiger partial charge < -0.3 is 5.32 Å². The Balaban J connectivity index is 2.11. The summed E-state index contributed by atoms with van der Waals surface area (Å²) in [5.74, 6) is 0.473. The molecule has 0 bridgehead atoms. The van der Waals surface area contributed by atoms with E-state index in [9.17, 15) is 0 Å². The Morgan fingerprint density at radius 1 is 1.40 bits per heavy atom. The van der Waals surface area contributed by atoms with Gasteiger partial charge in [-0.2, -0.15) is 0 Å². The quantitative estimate of drug-likeness (QED) is 0.739. The molecule has 2 aromatic rings. The Morgan fingerprint density at radius 3 is 2.90 bits per heavy atom. The van der Waals surface area contributed by atoms with E-state index in [2.05, 4.69) is 69.7 Å². The molecule has 1 atom stereocenters. The van der Waals surface area contributed by atoms with Crippen LogP contribution in [0.25, 0.3) is 0 Å². The van der Waals surface area contributed by atoms with Gasteiger partial charge in [-0.15, -0.1) is 11.3 Å². The highest BCUT2D eigenvalue weighted by Gasteiger charge is 2.14. The van der Waals surface area contributed by atoms with Crippen molar-refractivity contribution in [2.45, 2.75) is 32.6 Å². The van der Waals surface area contributed by atoms with Crippen LogP contribution in [0.1, 0.15) is 35.5 Å². The largest absolute Gasteiger partial charge is 0.316 e. The van der Waals surface area contributed by atoms with Gasteiger partial charge in [0.25, 0.3) is 0 Å². The molecule has 0 spiro atoms. The van der Waals surface area contributed by atoms with Crippen molar-refractivity contribution in [1.82, 2.24) is 10.3 Å². The Hall–Kier alpha value is -0.710. The topological polar surface area (TPSA) is 24.9 Å². The number of rotatable bonds is 7. The molecule has 0 aliphatic carbocycles. The molecular weight excluding hydrogens is 332 g/mol. The zero-order valence-corrected chi connectivity index (χ0v) is 14.4. The predicted octanol–water partition coefficient (Wildman–Crippen LogP) is 4.54. The predicted molar refractivity (Wildman–Crippen MR) is 90.6 cm³/mol. The molecule has 0 fully saturated rings. The third-order valence-corrected chi connectivity index (χ3v) is 4.58. The molecule has 1 unspecified atom stereocenters. The molecule has 1 N–H and O–H groups in total. The summed E-state index contributed by atoms with van der Waals surface area (Å²) in [4.78, 5) is 4.61. The molecule has 0 aliphatic heterocycles. The van der Waals surface area contributed by atoms with Gasteiger partial charge >= 0.3 is 0 Å². The lowest BCUT2D eigenvalue weighted by molar-refractivity contribution is 0.572. The van der Waals surface area contributed by atoms with Gasteiger partial charge in [-0.1, -0.05) is 35.0 Å². The van der Waals surface area contributed by atoms with Crippen LogP contribution in [0.5, 0.6) is 0 Å². The molecule has 0 aliphatic rings. The van der Waals surface area contributed by atoms with Crippen LogP contribution in [0.2, 0.25) is 0 Å². The van der Waals surface area contributed by atoms with Gasteiger partial charge in [0.1, 0.15) is 0 Å². The van der Waals surface area contributed by atoms with Crippen LogP contribution in [-0.2, 0) is 6.42 Å². The summed E-state index contributed by atoms with van der Waals surface area (Å²) >= 11 is 5.30. The van der Waals surface area contributed by atoms with Crippen molar-refractivity contribution in [3.05, 3.63) is 50.4 Å². The van der Waals surface area contributed by atoms with Crippen LogP contribution in [0.15, 0.2) is 34.1 Å². The van der Waals surface area contributed by atoms with Crippen LogP contribution in [0, 0.1) is 6.92 Å². The van der Waals surface area contributed by atoms with Crippen molar-refractivity contribution in [1.29, 1.82) is 0 Å². The second-order valence-electron chi connectivity index (χ2n) is 5.02. The van der Waals surface area contributed by atoms with Crippen LogP contribution in [0.3, 0.4) is 0 Å². The number of nitrogens with one attached hydrogen (secondary N) is 1. The summed E-state index contributed by atoms with van der Waals surface area (Å²) in [6.07, 6.45) is 2.17. The molecule has 20 heavy (non-hydrogen) atoms. The van der Waals surface area contributed by atoms with Gasteiger partial charge in [0, 0.05) is 22.3 Å². The van der Waals surface area contributed by atoms with E-state index in [4.69, 9.17) is 0 Å². The van der Waals surface area contributed by atoms with Gasteiger partial charge in [0.15, 0.2) is 0 Å². The zero-order chi connectivity index (χ0) is 14.4. The lowest BCUT2D eigenvalue weighted by Crippen LogP contribution is -2.23. The standard InChI is InChI=1S/C16H21BrN2S/c1-3-7-18-10-14(9-16-11-20-12(2)19-16)13-5-4-6-15(17)8-13/h4-6,8,11,14,18H,3,7,9-10H2,1-2H3. The van der Waals surface area contributed by atoms with Gasteiger partial charge in [0.05, 0.1) is 10.7 Å². The first-order valence-corrected chi connectivity index (χ1v) is 8.73. The van der Waals surface area contributed by atoms with E-state index >= 15 is 0 Å². The molecule has 2 nitrogen and oxygen atoms in total. The molecule has 0 saturated carbocycles. The van der Waals surface area contributed by atoms with Crippen molar-refractivity contribution >= 4 is 27.3 Å². The normalized spacial score (nSPS) is 12.6. The second-order valence-corrected chi connectivity index (χ2v) is 7.00. The number of nitrogens with zero attached hydrogens (tertiary/aromatic N) is 1. The molecule has 0 amide bonds. The van der Waals surface area contributed by atoms with Crippen molar-refractivity contribution in [3.63, 3.8) is 0 Å². The summed E-state index contributed by atoms with van der Waals surface area (Å²) in [7, 11) is 0. The number of thiazole rings is 1. The van der Waals surface area contributed by atoms with Gasteiger partial charge in [-0.05, 0) is 44.0 Å². The summed E-state index contributed by atoms with van der Waals surface area (Å²) < 4.78 is 1.14. The van der Waals surface area contributed by atoms with E-state index in [0.29, 0.717) is 5.92 Å². The first-order valence-electron chi connectivity index (χ1n) is 7.06. The Bertz CT molecular complexity index is 539. The summed E-state index contributed by atoms with van der Waals surface area (Å²) in [5, 5.41) is 6.87. The van der Waals surface area contributed by atoms with Crippen LogP contribution >= 0.6 is 27.3 Å². The molecule has 108 valence electrons. The summed E-state index contributed by atoms with van der Waals surface area (Å²) in [6.45, 7) is 6.34. The average molecular weight is 353 g/mol. The van der Waals surface area contributed by atoms with Gasteiger partial charge in [-0.25, -0.2) is 4.98 Å². The minimum atomic E-state index is 0.473. The minimum Gasteiger partial charge on any atom is -0.316 e. The fourth-order valence-corrected chi connectivity index (χ4v) is 3.32. The van der Waals surface area contributed by atoms with E-state index in [1.54, 1.807) is 11.3 Å². The highest BCUT2D eigenvalue weighted by Crippen LogP contribution is 2.24. The highest BCUT2D eigenvalue weighted by molar-refractivity contribution is 9.10. The lowest BCUT2D eigenvalue weighted by Gasteiger charge is -2.17. The van der Waals surface area contributed by atoms with Crippen LogP contribution in [-0.4, -0.2) is 18.1 Å². The highest BCUT2D eigenvalue weighted by atomic mass is 79.9. The monoisotopic (exact) mass is 352 g/mol. The molecule has 1 aromatic carbocycles. The van der Waals surface area contributed by atoms with E-state index in [1.807, 2.05) is 0 Å². The third-order valence-electron chi connectivity index (χ3n) is 3.26. The SMILES string of the molecule is CCCNCC(Cc1csc(C)n1)c1cccc(Br)c1. The fraction of sp³-hybridized carbons (Fsp3) is 0.438. The number of aromatic nitrogens is 1. The Morgan fingerprint density at radius 2 is 2.25 bits per heavy atom. The number of hydrogen-bond donors (Lipinski definition) is 1. The van der Waals surface area contributed by atoms with Crippen molar-refractivity contribution in [3.8, 4) is 0 Å². The van der Waals surface area contributed by atoms with E-state index in [0.717, 1.165) is 29.0 Å². The number of aryl methyl sites for hydroxylation is 1. The van der Waals surface area contributed by atoms with Crippen molar-refractivity contribution in [2.75, 3.05) is 13.1 Å². The number of hydrogen-bond acceptors (Lipinski definition) is 3. The molecule has 0 saturated heterocycles. The Labute approximate surface area is 133 Å². The van der Waals surface area contributed by atoms with Gasteiger partial charge in [0.2, 0.25) is 0 Å². The van der Waals surface area contributed by atoms with E-state index in [1.165, 1.54) is 17.7 Å². The summed E-state index contributed by atoms with van der Waals surface area (Å²) in [6, 6.07) is 8.62. The number of halogens is 1. The minimum absolute atomic E-state index is 0.473. The molecule has 1 heterocycles. The maximum Gasteiger partial charge on any atom is 0.0897 e. The van der Waals surface area contributed by atoms with E-state index < -0.39 is 0 Å². The second kappa shape index (κ2) is 7.91. The lowest BCUT2D eigenvalue weighted by atomic mass is 9.94. The van der Waals surface area contributed by atoms with Gasteiger partial charge in [-0.3, -0.25) is 0 Å². The van der Waals surface area contributed by atoms with E-state index in [-0.39, 0.29) is 0 Å². The first-order chi connectivity index (χ1) is 9.69. The number of benzene rings is 1. The molecule has 2 rings (SSSR count). The average Bonchev–Trinajstić information content (AvgIpc) is 2.83. The van der Waals surface area contributed by atoms with Crippen LogP contribution in [0.4, 0.5) is 0 Å². The molecule has 4 heteroatoms. The summed E-state index contributed by atoms with van der Waals surface area (Å²) in [5.41, 5.74) is 2.57. The first kappa shape index (κ1) is 15.7. The molecule has 0 radical (unpaired) electrons.